The lowest BCUT2D eigenvalue weighted by Gasteiger charge is -2.22. The number of benzene rings is 2. The Hall–Kier alpha value is -2.86. The number of methoxy groups -OCH3 is 1. The first-order valence-corrected chi connectivity index (χ1v) is 7.50. The molecule has 1 heterocycles. The number of hydrogen-bond acceptors (Lipinski definition) is 4. The molecule has 6 heteroatoms. The fraction of sp³-hybridized carbons (Fsp3) is 0.222. The first-order valence-electron chi connectivity index (χ1n) is 7.50. The van der Waals surface area contributed by atoms with Gasteiger partial charge in [0.05, 0.1) is 20.3 Å². The summed E-state index contributed by atoms with van der Waals surface area (Å²) in [4.78, 5) is 25.8. The molecule has 0 bridgehead atoms. The van der Waals surface area contributed by atoms with Crippen molar-refractivity contribution in [3.8, 4) is 5.75 Å². The fourth-order valence-electron chi connectivity index (χ4n) is 2.72. The number of carboxylic acids is 1. The molecule has 3 rings (SSSR count). The summed E-state index contributed by atoms with van der Waals surface area (Å²) in [7, 11) is 1.38. The minimum Gasteiger partial charge on any atom is -0.496 e. The van der Waals surface area contributed by atoms with E-state index >= 15 is 0 Å². The quantitative estimate of drug-likeness (QED) is 0.937. The Morgan fingerprint density at radius 1 is 1.21 bits per heavy atom. The molecule has 0 spiro atoms. The number of fused-ring (bicyclic) bond motifs is 1. The number of hydrogen-bond donors (Lipinski definition) is 1. The molecule has 0 radical (unpaired) electrons. The Labute approximate surface area is 139 Å². The van der Waals surface area contributed by atoms with Gasteiger partial charge in [0.25, 0.3) is 5.91 Å². The van der Waals surface area contributed by atoms with Crippen LogP contribution in [0.5, 0.6) is 5.75 Å². The molecule has 2 aromatic carbocycles. The molecule has 1 aliphatic rings. The Balaban J connectivity index is 1.99. The maximum absolute atomic E-state index is 12.9. The number of rotatable bonds is 3. The molecule has 124 valence electrons. The molecule has 1 aliphatic heterocycles. The zero-order valence-electron chi connectivity index (χ0n) is 13.2. The van der Waals surface area contributed by atoms with E-state index < -0.39 is 5.97 Å². The van der Waals surface area contributed by atoms with Gasteiger partial charge in [0.15, 0.2) is 0 Å². The molecule has 0 saturated carbocycles. The van der Waals surface area contributed by atoms with E-state index in [4.69, 9.17) is 14.6 Å². The van der Waals surface area contributed by atoms with Crippen LogP contribution in [0.25, 0.3) is 0 Å². The normalized spacial score (nSPS) is 13.8. The molecular formula is C18H17NO5. The van der Waals surface area contributed by atoms with Crippen molar-refractivity contribution in [2.75, 3.05) is 25.2 Å². The van der Waals surface area contributed by atoms with Gasteiger partial charge in [-0.2, -0.15) is 0 Å². The molecule has 1 N–H and O–H groups in total. The minimum absolute atomic E-state index is 0.0219. The zero-order chi connectivity index (χ0) is 17.1. The van der Waals surface area contributed by atoms with E-state index in [9.17, 15) is 9.59 Å². The first kappa shape index (κ1) is 16.0. The lowest BCUT2D eigenvalue weighted by molar-refractivity contribution is 0.0692. The molecule has 6 nitrogen and oxygen atoms in total. The highest BCUT2D eigenvalue weighted by Gasteiger charge is 2.23. The number of para-hydroxylation sites is 1. The van der Waals surface area contributed by atoms with Crippen LogP contribution in [0.2, 0.25) is 0 Å². The highest BCUT2D eigenvalue weighted by molar-refractivity contribution is 6.07. The molecule has 0 aliphatic carbocycles. The monoisotopic (exact) mass is 327 g/mol. The molecule has 1 amide bonds. The van der Waals surface area contributed by atoms with Crippen LogP contribution in [0.15, 0.2) is 42.5 Å². The number of aromatic carboxylic acids is 1. The molecule has 24 heavy (non-hydrogen) atoms. The van der Waals surface area contributed by atoms with Crippen LogP contribution in [0.1, 0.15) is 26.3 Å². The number of ether oxygens (including phenoxy) is 2. The Morgan fingerprint density at radius 3 is 2.75 bits per heavy atom. The third kappa shape index (κ3) is 2.96. The van der Waals surface area contributed by atoms with Crippen molar-refractivity contribution in [2.45, 2.75) is 6.61 Å². The van der Waals surface area contributed by atoms with E-state index in [0.29, 0.717) is 25.3 Å². The van der Waals surface area contributed by atoms with E-state index in [1.54, 1.807) is 4.90 Å². The molecule has 2 aromatic rings. The van der Waals surface area contributed by atoms with Gasteiger partial charge in [0, 0.05) is 23.4 Å². The number of carboxylic acid groups (broad SMARTS) is 1. The third-order valence-corrected chi connectivity index (χ3v) is 3.92. The molecule has 0 atom stereocenters. The molecule has 0 fully saturated rings. The third-order valence-electron chi connectivity index (χ3n) is 3.92. The second kappa shape index (κ2) is 6.72. The van der Waals surface area contributed by atoms with E-state index in [-0.39, 0.29) is 17.2 Å². The predicted molar refractivity (Wildman–Crippen MR) is 87.7 cm³/mol. The van der Waals surface area contributed by atoms with Crippen molar-refractivity contribution in [3.63, 3.8) is 0 Å². The standard InChI is InChI=1S/C18H17NO5/c1-23-16-10-12(6-7-14(16)18(21)22)17(20)19-8-9-24-11-13-4-2-3-5-15(13)19/h2-7,10H,8-9,11H2,1H3,(H,21,22). The van der Waals surface area contributed by atoms with Gasteiger partial charge in [-0.3, -0.25) is 4.79 Å². The van der Waals surface area contributed by atoms with Gasteiger partial charge >= 0.3 is 5.97 Å². The van der Waals surface area contributed by atoms with Crippen LogP contribution in [-0.4, -0.2) is 37.2 Å². The summed E-state index contributed by atoms with van der Waals surface area (Å²) in [6, 6.07) is 11.9. The van der Waals surface area contributed by atoms with Crippen molar-refractivity contribution in [1.82, 2.24) is 0 Å². The van der Waals surface area contributed by atoms with Crippen molar-refractivity contribution < 1.29 is 24.2 Å². The van der Waals surface area contributed by atoms with Crippen molar-refractivity contribution in [1.29, 1.82) is 0 Å². The van der Waals surface area contributed by atoms with Gasteiger partial charge < -0.3 is 19.5 Å². The summed E-state index contributed by atoms with van der Waals surface area (Å²) in [5.74, 6) is -1.16. The first-order chi connectivity index (χ1) is 11.6. The van der Waals surface area contributed by atoms with Gasteiger partial charge in [-0.15, -0.1) is 0 Å². The summed E-state index contributed by atoms with van der Waals surface area (Å²) in [6.45, 7) is 1.32. The summed E-state index contributed by atoms with van der Waals surface area (Å²) >= 11 is 0. The highest BCUT2D eigenvalue weighted by atomic mass is 16.5. The van der Waals surface area contributed by atoms with Crippen LogP contribution in [-0.2, 0) is 11.3 Å². The highest BCUT2D eigenvalue weighted by Crippen LogP contribution is 2.27. The minimum atomic E-state index is -1.10. The van der Waals surface area contributed by atoms with Crippen molar-refractivity contribution in [3.05, 3.63) is 59.2 Å². The number of carbonyl (C=O) groups is 2. The topological polar surface area (TPSA) is 76.1 Å². The van der Waals surface area contributed by atoms with Crippen LogP contribution in [0.4, 0.5) is 5.69 Å². The fourth-order valence-corrected chi connectivity index (χ4v) is 2.72. The number of anilines is 1. The molecule has 0 aromatic heterocycles. The average Bonchev–Trinajstić information content (AvgIpc) is 2.82. The Kier molecular flexibility index (Phi) is 4.48. The molecular weight excluding hydrogens is 310 g/mol. The smallest absolute Gasteiger partial charge is 0.339 e. The second-order valence-electron chi connectivity index (χ2n) is 5.36. The largest absolute Gasteiger partial charge is 0.496 e. The zero-order valence-corrected chi connectivity index (χ0v) is 13.2. The maximum atomic E-state index is 12.9. The van der Waals surface area contributed by atoms with E-state index in [1.807, 2.05) is 24.3 Å². The average molecular weight is 327 g/mol. The van der Waals surface area contributed by atoms with E-state index in [1.165, 1.54) is 25.3 Å². The molecule has 0 unspecified atom stereocenters. The summed E-state index contributed by atoms with van der Waals surface area (Å²) in [5, 5.41) is 9.15. The van der Waals surface area contributed by atoms with Gasteiger partial charge in [-0.25, -0.2) is 4.79 Å². The van der Waals surface area contributed by atoms with Crippen LogP contribution in [0.3, 0.4) is 0 Å². The predicted octanol–water partition coefficient (Wildman–Crippen LogP) is 2.57. The van der Waals surface area contributed by atoms with E-state index in [2.05, 4.69) is 0 Å². The second-order valence-corrected chi connectivity index (χ2v) is 5.36. The van der Waals surface area contributed by atoms with Crippen LogP contribution < -0.4 is 9.64 Å². The summed E-state index contributed by atoms with van der Waals surface area (Å²) in [6.07, 6.45) is 0. The van der Waals surface area contributed by atoms with Gasteiger partial charge in [0.2, 0.25) is 0 Å². The lowest BCUT2D eigenvalue weighted by Crippen LogP contribution is -2.33. The van der Waals surface area contributed by atoms with Gasteiger partial charge in [-0.05, 0) is 24.3 Å². The number of nitrogens with zero attached hydrogens (tertiary/aromatic N) is 1. The SMILES string of the molecule is COc1cc(C(=O)N2CCOCc3ccccc32)ccc1C(=O)O. The van der Waals surface area contributed by atoms with Gasteiger partial charge in [-0.1, -0.05) is 18.2 Å². The number of carbonyl (C=O) groups excluding carboxylic acids is 1. The lowest BCUT2D eigenvalue weighted by atomic mass is 10.1. The number of amides is 1. The summed E-state index contributed by atoms with van der Waals surface area (Å²) in [5.41, 5.74) is 2.14. The molecule has 0 saturated heterocycles. The van der Waals surface area contributed by atoms with Crippen molar-refractivity contribution >= 4 is 17.6 Å². The Morgan fingerprint density at radius 2 is 2.00 bits per heavy atom. The summed E-state index contributed by atoms with van der Waals surface area (Å²) < 4.78 is 10.6. The van der Waals surface area contributed by atoms with Crippen LogP contribution in [0, 0.1) is 0 Å². The van der Waals surface area contributed by atoms with E-state index in [0.717, 1.165) is 11.3 Å². The maximum Gasteiger partial charge on any atom is 0.339 e. The van der Waals surface area contributed by atoms with Crippen molar-refractivity contribution in [2.24, 2.45) is 0 Å². The van der Waals surface area contributed by atoms with Gasteiger partial charge in [0.1, 0.15) is 11.3 Å². The Bertz CT molecular complexity index is 787. The van der Waals surface area contributed by atoms with Crippen LogP contribution >= 0.6 is 0 Å².